The number of H-pyrrole nitrogens is 1. The van der Waals surface area contributed by atoms with Gasteiger partial charge in [0, 0.05) is 37.6 Å². The van der Waals surface area contributed by atoms with Gasteiger partial charge >= 0.3 is 0 Å². The zero-order chi connectivity index (χ0) is 10.1. The van der Waals surface area contributed by atoms with Crippen molar-refractivity contribution in [3.05, 3.63) is 18.0 Å². The van der Waals surface area contributed by atoms with Gasteiger partial charge in [0.2, 0.25) is 0 Å². The molecule has 16 heavy (non-hydrogen) atoms. The van der Waals surface area contributed by atoms with E-state index in [0.717, 1.165) is 18.5 Å². The predicted octanol–water partition coefficient (Wildman–Crippen LogP) is 1.02. The molecule has 1 aromatic rings. The fraction of sp³-hybridized carbons (Fsp3) is 0.727. The molecule has 2 atom stereocenters. The van der Waals surface area contributed by atoms with Crippen molar-refractivity contribution in [3.8, 4) is 0 Å². The number of nitrogens with one attached hydrogen (secondary N) is 2. The maximum atomic E-state index is 3.99. The fourth-order valence-corrected chi connectivity index (χ4v) is 2.88. The first-order valence-electron chi connectivity index (χ1n) is 5.86. The van der Waals surface area contributed by atoms with Crippen LogP contribution in [-0.4, -0.2) is 40.8 Å². The standard InChI is InChI=1S/C11H18N4.ClH/c1-4-12-11-3-6-15(7-9(1)11)8-10-2-5-13-14-10;/h2,5,9,11-12H,1,3-4,6-8H2,(H,13,14);1H. The molecule has 0 aromatic carbocycles. The van der Waals surface area contributed by atoms with Crippen LogP contribution in [0.1, 0.15) is 18.5 Å². The van der Waals surface area contributed by atoms with E-state index in [1.165, 1.54) is 38.2 Å². The molecule has 2 unspecified atom stereocenters. The Morgan fingerprint density at radius 2 is 2.38 bits per heavy atom. The number of likely N-dealkylation sites (tertiary alicyclic amines) is 1. The molecule has 0 aliphatic carbocycles. The van der Waals surface area contributed by atoms with Gasteiger partial charge < -0.3 is 5.32 Å². The molecule has 2 saturated heterocycles. The lowest BCUT2D eigenvalue weighted by Gasteiger charge is -2.34. The Hall–Kier alpha value is -0.580. The van der Waals surface area contributed by atoms with Gasteiger partial charge in [0.25, 0.3) is 0 Å². The maximum Gasteiger partial charge on any atom is 0.0492 e. The Bertz CT molecular complexity index is 314. The van der Waals surface area contributed by atoms with Gasteiger partial charge in [-0.1, -0.05) is 0 Å². The minimum absolute atomic E-state index is 0. The van der Waals surface area contributed by atoms with E-state index in [2.05, 4.69) is 26.5 Å². The Morgan fingerprint density at radius 1 is 1.44 bits per heavy atom. The molecule has 0 saturated carbocycles. The number of aromatic amines is 1. The number of fused-ring (bicyclic) bond motifs is 1. The Labute approximate surface area is 102 Å². The second-order valence-corrected chi connectivity index (χ2v) is 4.72. The van der Waals surface area contributed by atoms with Crippen molar-refractivity contribution in [1.82, 2.24) is 20.4 Å². The van der Waals surface area contributed by atoms with Crippen LogP contribution in [0.5, 0.6) is 0 Å². The zero-order valence-corrected chi connectivity index (χ0v) is 10.2. The van der Waals surface area contributed by atoms with Gasteiger partial charge in [-0.25, -0.2) is 0 Å². The molecule has 2 aliphatic rings. The van der Waals surface area contributed by atoms with Gasteiger partial charge in [-0.3, -0.25) is 10.00 Å². The highest BCUT2D eigenvalue weighted by Gasteiger charge is 2.32. The summed E-state index contributed by atoms with van der Waals surface area (Å²) in [6.07, 6.45) is 4.49. The third kappa shape index (κ3) is 2.39. The summed E-state index contributed by atoms with van der Waals surface area (Å²) in [5.41, 5.74) is 1.24. The average Bonchev–Trinajstić information content (AvgIpc) is 2.87. The van der Waals surface area contributed by atoms with Crippen molar-refractivity contribution in [1.29, 1.82) is 0 Å². The lowest BCUT2D eigenvalue weighted by atomic mass is 9.93. The van der Waals surface area contributed by atoms with Crippen LogP contribution in [0.25, 0.3) is 0 Å². The van der Waals surface area contributed by atoms with Crippen LogP contribution in [0.15, 0.2) is 12.3 Å². The minimum atomic E-state index is 0. The van der Waals surface area contributed by atoms with Gasteiger partial charge in [0.1, 0.15) is 0 Å². The second-order valence-electron chi connectivity index (χ2n) is 4.72. The summed E-state index contributed by atoms with van der Waals surface area (Å²) in [7, 11) is 0. The van der Waals surface area contributed by atoms with Gasteiger partial charge in [0.15, 0.2) is 0 Å². The molecule has 0 spiro atoms. The van der Waals surface area contributed by atoms with Crippen LogP contribution < -0.4 is 5.32 Å². The summed E-state index contributed by atoms with van der Waals surface area (Å²) in [6, 6.07) is 2.86. The molecule has 2 aliphatic heterocycles. The van der Waals surface area contributed by atoms with Crippen LogP contribution >= 0.6 is 12.4 Å². The summed E-state index contributed by atoms with van der Waals surface area (Å²) in [6.45, 7) is 4.71. The lowest BCUT2D eigenvalue weighted by molar-refractivity contribution is 0.154. The van der Waals surface area contributed by atoms with Gasteiger partial charge in [-0.15, -0.1) is 12.4 Å². The summed E-state index contributed by atoms with van der Waals surface area (Å²) < 4.78 is 0. The van der Waals surface area contributed by atoms with Crippen LogP contribution in [-0.2, 0) is 6.54 Å². The molecule has 90 valence electrons. The van der Waals surface area contributed by atoms with Crippen LogP contribution in [0.3, 0.4) is 0 Å². The van der Waals surface area contributed by atoms with E-state index >= 15 is 0 Å². The van der Waals surface area contributed by atoms with Crippen LogP contribution in [0.2, 0.25) is 0 Å². The molecular formula is C11H19ClN4. The van der Waals surface area contributed by atoms with Gasteiger partial charge in [0.05, 0.1) is 0 Å². The van der Waals surface area contributed by atoms with Crippen molar-refractivity contribution in [2.45, 2.75) is 25.4 Å². The number of nitrogens with zero attached hydrogens (tertiary/aromatic N) is 2. The lowest BCUT2D eigenvalue weighted by Crippen LogP contribution is -2.43. The number of piperidine rings is 1. The Kier molecular flexibility index (Phi) is 3.84. The normalized spacial score (nSPS) is 29.8. The molecule has 2 N–H and O–H groups in total. The highest BCUT2D eigenvalue weighted by molar-refractivity contribution is 5.85. The number of hydrogen-bond acceptors (Lipinski definition) is 3. The molecule has 0 bridgehead atoms. The predicted molar refractivity (Wildman–Crippen MR) is 65.6 cm³/mol. The zero-order valence-electron chi connectivity index (χ0n) is 9.35. The smallest absolute Gasteiger partial charge is 0.0492 e. The SMILES string of the molecule is Cl.c1cc(CN2CCC3NCCC3C2)[nH]n1. The fourth-order valence-electron chi connectivity index (χ4n) is 2.88. The molecule has 5 heteroatoms. The summed E-state index contributed by atoms with van der Waals surface area (Å²) >= 11 is 0. The van der Waals surface area contributed by atoms with E-state index < -0.39 is 0 Å². The van der Waals surface area contributed by atoms with Crippen molar-refractivity contribution in [2.24, 2.45) is 5.92 Å². The first kappa shape index (κ1) is 11.9. The van der Waals surface area contributed by atoms with Gasteiger partial charge in [-0.05, 0) is 31.4 Å². The third-order valence-electron chi connectivity index (χ3n) is 3.69. The summed E-state index contributed by atoms with van der Waals surface area (Å²) in [4.78, 5) is 2.54. The molecule has 3 heterocycles. The first-order valence-corrected chi connectivity index (χ1v) is 5.86. The van der Waals surface area contributed by atoms with E-state index in [1.807, 2.05) is 6.20 Å². The van der Waals surface area contributed by atoms with E-state index in [-0.39, 0.29) is 12.4 Å². The van der Waals surface area contributed by atoms with Crippen molar-refractivity contribution < 1.29 is 0 Å². The highest BCUT2D eigenvalue weighted by atomic mass is 35.5. The molecule has 0 amide bonds. The Balaban J connectivity index is 0.000000963. The summed E-state index contributed by atoms with van der Waals surface area (Å²) in [5.74, 6) is 0.877. The molecule has 4 nitrogen and oxygen atoms in total. The maximum absolute atomic E-state index is 3.99. The van der Waals surface area contributed by atoms with Crippen LogP contribution in [0.4, 0.5) is 0 Å². The summed E-state index contributed by atoms with van der Waals surface area (Å²) in [5, 5.41) is 10.6. The monoisotopic (exact) mass is 242 g/mol. The molecular weight excluding hydrogens is 224 g/mol. The van der Waals surface area contributed by atoms with E-state index in [1.54, 1.807) is 0 Å². The molecule has 2 fully saturated rings. The van der Waals surface area contributed by atoms with E-state index in [4.69, 9.17) is 0 Å². The second kappa shape index (κ2) is 5.17. The van der Waals surface area contributed by atoms with Crippen LogP contribution in [0, 0.1) is 5.92 Å². The number of aromatic nitrogens is 2. The minimum Gasteiger partial charge on any atom is -0.314 e. The average molecular weight is 243 g/mol. The number of hydrogen-bond donors (Lipinski definition) is 2. The van der Waals surface area contributed by atoms with Gasteiger partial charge in [-0.2, -0.15) is 5.10 Å². The largest absolute Gasteiger partial charge is 0.314 e. The Morgan fingerprint density at radius 3 is 3.19 bits per heavy atom. The first-order chi connectivity index (χ1) is 7.42. The molecule has 3 rings (SSSR count). The van der Waals surface area contributed by atoms with E-state index in [0.29, 0.717) is 0 Å². The molecule has 1 aromatic heterocycles. The quantitative estimate of drug-likeness (QED) is 0.814. The number of halogens is 1. The van der Waals surface area contributed by atoms with Crippen molar-refractivity contribution in [3.63, 3.8) is 0 Å². The van der Waals surface area contributed by atoms with Crippen molar-refractivity contribution >= 4 is 12.4 Å². The van der Waals surface area contributed by atoms with Crippen molar-refractivity contribution in [2.75, 3.05) is 19.6 Å². The molecule has 0 radical (unpaired) electrons. The topological polar surface area (TPSA) is 44.0 Å². The van der Waals surface area contributed by atoms with E-state index in [9.17, 15) is 0 Å². The number of rotatable bonds is 2. The highest BCUT2D eigenvalue weighted by Crippen LogP contribution is 2.25. The third-order valence-corrected chi connectivity index (χ3v) is 3.69.